The molecular weight excluding hydrogens is 274 g/mol. The van der Waals surface area contributed by atoms with E-state index in [2.05, 4.69) is 4.98 Å². The Balaban J connectivity index is 2.39. The van der Waals surface area contributed by atoms with E-state index in [-0.39, 0.29) is 5.97 Å². The van der Waals surface area contributed by atoms with Gasteiger partial charge >= 0.3 is 5.97 Å². The minimum Gasteiger partial charge on any atom is -0.493 e. The summed E-state index contributed by atoms with van der Waals surface area (Å²) in [5.41, 5.74) is 1.29. The van der Waals surface area contributed by atoms with Crippen molar-refractivity contribution in [1.29, 1.82) is 0 Å². The van der Waals surface area contributed by atoms with Crippen LogP contribution in [0.4, 0.5) is 0 Å². The number of rotatable bonds is 5. The molecule has 0 bridgehead atoms. The van der Waals surface area contributed by atoms with Crippen molar-refractivity contribution in [2.24, 2.45) is 0 Å². The number of carbonyl (C=O) groups is 1. The first-order valence-corrected chi connectivity index (χ1v) is 7.35. The zero-order chi connectivity index (χ0) is 14.5. The fourth-order valence-corrected chi connectivity index (χ4v) is 2.76. The summed E-state index contributed by atoms with van der Waals surface area (Å²) in [4.78, 5) is 17.1. The van der Waals surface area contributed by atoms with Crippen molar-refractivity contribution in [3.63, 3.8) is 0 Å². The summed E-state index contributed by atoms with van der Waals surface area (Å²) in [5.74, 6) is 0.403. The summed E-state index contributed by atoms with van der Waals surface area (Å²) < 4.78 is 10.6. The van der Waals surface area contributed by atoms with E-state index in [4.69, 9.17) is 9.47 Å². The molecule has 1 heterocycles. The van der Waals surface area contributed by atoms with Gasteiger partial charge in [-0.3, -0.25) is 0 Å². The molecule has 2 rings (SSSR count). The summed E-state index contributed by atoms with van der Waals surface area (Å²) in [6.07, 6.45) is 0. The van der Waals surface area contributed by atoms with Crippen LogP contribution in [-0.2, 0) is 4.74 Å². The number of carbonyl (C=O) groups excluding carboxylic acids is 1. The van der Waals surface area contributed by atoms with Crippen LogP contribution in [0, 0.1) is 6.92 Å². The lowest BCUT2D eigenvalue weighted by Gasteiger charge is -2.07. The van der Waals surface area contributed by atoms with Gasteiger partial charge in [0.05, 0.1) is 18.8 Å². The summed E-state index contributed by atoms with van der Waals surface area (Å²) in [7, 11) is 0. The molecule has 0 spiro atoms. The highest BCUT2D eigenvalue weighted by molar-refractivity contribution is 7.15. The number of aromatic nitrogens is 1. The minimum atomic E-state index is -0.374. The van der Waals surface area contributed by atoms with Gasteiger partial charge in [0, 0.05) is 4.88 Å². The van der Waals surface area contributed by atoms with Crippen molar-refractivity contribution in [3.05, 3.63) is 34.8 Å². The number of aryl methyl sites for hydroxylation is 1. The van der Waals surface area contributed by atoms with Gasteiger partial charge in [0.15, 0.2) is 5.69 Å². The number of hydrogen-bond donors (Lipinski definition) is 0. The van der Waals surface area contributed by atoms with Crippen LogP contribution in [0.5, 0.6) is 5.75 Å². The maximum absolute atomic E-state index is 11.8. The lowest BCUT2D eigenvalue weighted by molar-refractivity contribution is 0.0519. The molecule has 0 N–H and O–H groups in total. The van der Waals surface area contributed by atoms with E-state index in [0.717, 1.165) is 21.2 Å². The topological polar surface area (TPSA) is 48.4 Å². The fraction of sp³-hybridized carbons (Fsp3) is 0.333. The Bertz CT molecular complexity index is 607. The SMILES string of the molecule is CCOC(=O)c1nc(-c2ccccc2OCC)sc1C. The van der Waals surface area contributed by atoms with E-state index in [1.54, 1.807) is 6.92 Å². The van der Waals surface area contributed by atoms with Crippen LogP contribution < -0.4 is 4.74 Å². The molecule has 20 heavy (non-hydrogen) atoms. The van der Waals surface area contributed by atoms with E-state index in [0.29, 0.717) is 18.9 Å². The van der Waals surface area contributed by atoms with E-state index >= 15 is 0 Å². The first kappa shape index (κ1) is 14.5. The van der Waals surface area contributed by atoms with Crippen molar-refractivity contribution in [1.82, 2.24) is 4.98 Å². The van der Waals surface area contributed by atoms with Crippen molar-refractivity contribution < 1.29 is 14.3 Å². The van der Waals surface area contributed by atoms with Crippen LogP contribution >= 0.6 is 11.3 Å². The van der Waals surface area contributed by atoms with Gasteiger partial charge in [-0.1, -0.05) is 12.1 Å². The van der Waals surface area contributed by atoms with Crippen LogP contribution in [0.1, 0.15) is 29.2 Å². The normalized spacial score (nSPS) is 10.3. The molecule has 0 atom stereocenters. The largest absolute Gasteiger partial charge is 0.493 e. The third kappa shape index (κ3) is 2.99. The standard InChI is InChI=1S/C15H17NO3S/c1-4-18-12-9-7-6-8-11(12)14-16-13(10(3)20-14)15(17)19-5-2/h6-9H,4-5H2,1-3H3. The second kappa shape index (κ2) is 6.52. The maximum atomic E-state index is 11.8. The number of thiazole rings is 1. The molecule has 1 aromatic heterocycles. The first-order valence-electron chi connectivity index (χ1n) is 6.54. The quantitative estimate of drug-likeness (QED) is 0.788. The minimum absolute atomic E-state index is 0.348. The van der Waals surface area contributed by atoms with Crippen molar-refractivity contribution in [2.45, 2.75) is 20.8 Å². The molecule has 2 aromatic rings. The number of benzene rings is 1. The second-order valence-electron chi connectivity index (χ2n) is 4.07. The molecule has 0 amide bonds. The van der Waals surface area contributed by atoms with E-state index in [9.17, 15) is 4.79 Å². The zero-order valence-electron chi connectivity index (χ0n) is 11.8. The highest BCUT2D eigenvalue weighted by atomic mass is 32.1. The lowest BCUT2D eigenvalue weighted by atomic mass is 10.2. The molecule has 0 aliphatic carbocycles. The fourth-order valence-electron chi connectivity index (χ4n) is 1.83. The molecule has 106 valence electrons. The van der Waals surface area contributed by atoms with Gasteiger partial charge in [0.25, 0.3) is 0 Å². The van der Waals surface area contributed by atoms with Crippen LogP contribution in [0.25, 0.3) is 10.6 Å². The highest BCUT2D eigenvalue weighted by Crippen LogP contribution is 2.34. The molecule has 0 saturated carbocycles. The van der Waals surface area contributed by atoms with Crippen molar-refractivity contribution in [2.75, 3.05) is 13.2 Å². The van der Waals surface area contributed by atoms with Crippen molar-refractivity contribution in [3.8, 4) is 16.3 Å². The Kier molecular flexibility index (Phi) is 4.74. The average molecular weight is 291 g/mol. The first-order chi connectivity index (χ1) is 9.67. The number of nitrogens with zero attached hydrogens (tertiary/aromatic N) is 1. The van der Waals surface area contributed by atoms with Gasteiger partial charge in [-0.05, 0) is 32.9 Å². The molecule has 0 aliphatic rings. The molecule has 1 aromatic carbocycles. The Hall–Kier alpha value is -1.88. The second-order valence-corrected chi connectivity index (χ2v) is 5.28. The van der Waals surface area contributed by atoms with E-state index in [1.807, 2.05) is 38.1 Å². The number of ether oxygens (including phenoxy) is 2. The van der Waals surface area contributed by atoms with Gasteiger partial charge < -0.3 is 9.47 Å². The van der Waals surface area contributed by atoms with Crippen molar-refractivity contribution >= 4 is 17.3 Å². The Morgan fingerprint density at radius 2 is 2.00 bits per heavy atom. The number of para-hydroxylation sites is 1. The number of hydrogen-bond acceptors (Lipinski definition) is 5. The molecule has 0 saturated heterocycles. The molecule has 0 radical (unpaired) electrons. The number of esters is 1. The predicted octanol–water partition coefficient (Wildman–Crippen LogP) is 3.69. The third-order valence-corrected chi connectivity index (χ3v) is 3.69. The molecular formula is C15H17NO3S. The van der Waals surface area contributed by atoms with E-state index in [1.165, 1.54) is 11.3 Å². The summed E-state index contributed by atoms with van der Waals surface area (Å²) in [6.45, 7) is 6.53. The van der Waals surface area contributed by atoms with E-state index < -0.39 is 0 Å². The van der Waals surface area contributed by atoms with Gasteiger partial charge in [-0.2, -0.15) is 0 Å². The van der Waals surface area contributed by atoms with Gasteiger partial charge in [-0.15, -0.1) is 11.3 Å². The Labute approximate surface area is 122 Å². The molecule has 4 nitrogen and oxygen atoms in total. The third-order valence-electron chi connectivity index (χ3n) is 2.68. The monoisotopic (exact) mass is 291 g/mol. The summed E-state index contributed by atoms with van der Waals surface area (Å²) in [5, 5.41) is 0.773. The van der Waals surface area contributed by atoms with Gasteiger partial charge in [0.2, 0.25) is 0 Å². The van der Waals surface area contributed by atoms with Crippen LogP contribution in [0.2, 0.25) is 0 Å². The molecule has 0 unspecified atom stereocenters. The van der Waals surface area contributed by atoms with Crippen LogP contribution in [0.15, 0.2) is 24.3 Å². The van der Waals surface area contributed by atoms with Crippen LogP contribution in [-0.4, -0.2) is 24.2 Å². The Morgan fingerprint density at radius 3 is 2.70 bits per heavy atom. The highest BCUT2D eigenvalue weighted by Gasteiger charge is 2.18. The summed E-state index contributed by atoms with van der Waals surface area (Å²) >= 11 is 1.47. The summed E-state index contributed by atoms with van der Waals surface area (Å²) in [6, 6.07) is 7.69. The smallest absolute Gasteiger partial charge is 0.358 e. The molecule has 0 fully saturated rings. The molecule has 5 heteroatoms. The Morgan fingerprint density at radius 1 is 1.25 bits per heavy atom. The lowest BCUT2D eigenvalue weighted by Crippen LogP contribution is -2.06. The predicted molar refractivity (Wildman–Crippen MR) is 79.4 cm³/mol. The maximum Gasteiger partial charge on any atom is 0.358 e. The van der Waals surface area contributed by atoms with Gasteiger partial charge in [-0.25, -0.2) is 9.78 Å². The van der Waals surface area contributed by atoms with Crippen LogP contribution in [0.3, 0.4) is 0 Å². The molecule has 0 aliphatic heterocycles. The van der Waals surface area contributed by atoms with Gasteiger partial charge in [0.1, 0.15) is 10.8 Å². The zero-order valence-corrected chi connectivity index (χ0v) is 12.6. The average Bonchev–Trinajstić information content (AvgIpc) is 2.82.